The second-order valence-corrected chi connectivity index (χ2v) is 6.65. The van der Waals surface area contributed by atoms with E-state index in [4.69, 9.17) is 9.47 Å². The van der Waals surface area contributed by atoms with Gasteiger partial charge in [-0.25, -0.2) is 4.79 Å². The van der Waals surface area contributed by atoms with E-state index in [-0.39, 0.29) is 11.5 Å². The number of ether oxygens (including phenoxy) is 2. The van der Waals surface area contributed by atoms with Crippen molar-refractivity contribution in [2.75, 3.05) is 24.7 Å². The van der Waals surface area contributed by atoms with E-state index in [1.807, 2.05) is 6.92 Å². The number of phenolic OH excluding ortho intramolecular Hbond substituents is 1. The summed E-state index contributed by atoms with van der Waals surface area (Å²) in [5, 5.41) is 9.96. The zero-order chi connectivity index (χ0) is 19.4. The minimum atomic E-state index is -0.410. The van der Waals surface area contributed by atoms with E-state index in [9.17, 15) is 14.7 Å². The van der Waals surface area contributed by atoms with Crippen molar-refractivity contribution in [3.63, 3.8) is 0 Å². The van der Waals surface area contributed by atoms with Crippen molar-refractivity contribution in [3.05, 3.63) is 58.1 Å². The molecule has 7 heteroatoms. The van der Waals surface area contributed by atoms with Crippen LogP contribution in [0.15, 0.2) is 46.9 Å². The summed E-state index contributed by atoms with van der Waals surface area (Å²) in [6, 6.07) is 10.2. The van der Waals surface area contributed by atoms with Crippen LogP contribution in [-0.2, 0) is 4.74 Å². The zero-order valence-corrected chi connectivity index (χ0v) is 16.2. The summed E-state index contributed by atoms with van der Waals surface area (Å²) in [6.45, 7) is 3.04. The van der Waals surface area contributed by atoms with Gasteiger partial charge >= 0.3 is 6.09 Å². The number of allylic oxidation sites excluding steroid dienone is 1. The highest BCUT2D eigenvalue weighted by Gasteiger charge is 2.23. The molecule has 1 aliphatic heterocycles. The molecule has 0 bridgehead atoms. The Hall–Kier alpha value is -2.80. The fourth-order valence-corrected chi connectivity index (χ4v) is 3.14. The summed E-state index contributed by atoms with van der Waals surface area (Å²) < 4.78 is 10.8. The first kappa shape index (κ1) is 19.0. The molecule has 1 aliphatic rings. The van der Waals surface area contributed by atoms with E-state index in [2.05, 4.69) is 15.9 Å². The molecule has 0 spiro atoms. The first-order chi connectivity index (χ1) is 13.0. The van der Waals surface area contributed by atoms with Gasteiger partial charge < -0.3 is 14.6 Å². The third-order valence-corrected chi connectivity index (χ3v) is 4.59. The number of phenols is 1. The molecule has 0 saturated carbocycles. The molecule has 0 atom stereocenters. The van der Waals surface area contributed by atoms with Crippen LogP contribution >= 0.6 is 15.9 Å². The molecular formula is C20H18BrNO5. The van der Waals surface area contributed by atoms with E-state index in [0.29, 0.717) is 46.8 Å². The first-order valence-electron chi connectivity index (χ1n) is 8.41. The first-order valence-corrected chi connectivity index (χ1v) is 9.21. The van der Waals surface area contributed by atoms with Crippen molar-refractivity contribution in [1.29, 1.82) is 0 Å². The molecule has 1 saturated heterocycles. The molecular weight excluding hydrogens is 414 g/mol. The van der Waals surface area contributed by atoms with Gasteiger partial charge in [0.05, 0.1) is 17.6 Å². The number of hydrogen-bond donors (Lipinski definition) is 1. The van der Waals surface area contributed by atoms with Crippen LogP contribution in [0.1, 0.15) is 22.8 Å². The van der Waals surface area contributed by atoms with Crippen molar-refractivity contribution < 1.29 is 24.2 Å². The smallest absolute Gasteiger partial charge is 0.414 e. The molecule has 1 fully saturated rings. The topological polar surface area (TPSA) is 76.1 Å². The molecule has 3 rings (SSSR count). The Morgan fingerprint density at radius 2 is 2.19 bits per heavy atom. The number of cyclic esters (lactones) is 1. The standard InChI is InChI=1S/C20H18BrNO5/c1-2-26-18-11-13(10-16(21)19(18)24)6-7-17(23)14-4-3-5-15(12-14)22-8-9-27-20(22)25/h3-7,10-12,24H,2,8-9H2,1H3. The van der Waals surface area contributed by atoms with Gasteiger partial charge in [0, 0.05) is 11.3 Å². The van der Waals surface area contributed by atoms with Crippen molar-refractivity contribution in [2.45, 2.75) is 6.92 Å². The van der Waals surface area contributed by atoms with Gasteiger partial charge in [-0.05, 0) is 58.8 Å². The van der Waals surface area contributed by atoms with Gasteiger partial charge in [0.25, 0.3) is 0 Å². The summed E-state index contributed by atoms with van der Waals surface area (Å²) in [5.74, 6) is 0.158. The Kier molecular flexibility index (Phi) is 5.81. The number of ketones is 1. The number of rotatable bonds is 6. The number of nitrogens with zero attached hydrogens (tertiary/aromatic N) is 1. The van der Waals surface area contributed by atoms with Crippen LogP contribution in [0.3, 0.4) is 0 Å². The number of halogens is 1. The lowest BCUT2D eigenvalue weighted by molar-refractivity contribution is 0.104. The van der Waals surface area contributed by atoms with Gasteiger partial charge in [-0.2, -0.15) is 0 Å². The summed E-state index contributed by atoms with van der Waals surface area (Å²) in [5.41, 5.74) is 1.80. The molecule has 27 heavy (non-hydrogen) atoms. The summed E-state index contributed by atoms with van der Waals surface area (Å²) in [4.78, 5) is 25.7. The maximum atomic E-state index is 12.5. The molecule has 0 unspecified atom stereocenters. The Morgan fingerprint density at radius 3 is 2.89 bits per heavy atom. The van der Waals surface area contributed by atoms with Crippen LogP contribution in [0.4, 0.5) is 10.5 Å². The fraction of sp³-hybridized carbons (Fsp3) is 0.200. The largest absolute Gasteiger partial charge is 0.503 e. The van der Waals surface area contributed by atoms with E-state index < -0.39 is 6.09 Å². The third kappa shape index (κ3) is 4.31. The zero-order valence-electron chi connectivity index (χ0n) is 14.6. The lowest BCUT2D eigenvalue weighted by atomic mass is 10.1. The number of benzene rings is 2. The number of carbonyl (C=O) groups excluding carboxylic acids is 2. The van der Waals surface area contributed by atoms with Crippen LogP contribution in [-0.4, -0.2) is 36.7 Å². The Morgan fingerprint density at radius 1 is 1.37 bits per heavy atom. The van der Waals surface area contributed by atoms with Crippen LogP contribution in [0.5, 0.6) is 11.5 Å². The minimum Gasteiger partial charge on any atom is -0.503 e. The van der Waals surface area contributed by atoms with Crippen molar-refractivity contribution in [2.24, 2.45) is 0 Å². The summed E-state index contributed by atoms with van der Waals surface area (Å²) in [7, 11) is 0. The maximum absolute atomic E-state index is 12.5. The molecule has 2 aromatic rings. The third-order valence-electron chi connectivity index (χ3n) is 3.98. The maximum Gasteiger partial charge on any atom is 0.414 e. The second-order valence-electron chi connectivity index (χ2n) is 5.80. The van der Waals surface area contributed by atoms with Crippen LogP contribution in [0.2, 0.25) is 0 Å². The van der Waals surface area contributed by atoms with E-state index in [1.165, 1.54) is 11.0 Å². The second kappa shape index (κ2) is 8.26. The number of hydrogen-bond acceptors (Lipinski definition) is 5. The molecule has 0 radical (unpaired) electrons. The van der Waals surface area contributed by atoms with Crippen molar-refractivity contribution in [3.8, 4) is 11.5 Å². The average molecular weight is 432 g/mol. The van der Waals surface area contributed by atoms with Crippen molar-refractivity contribution >= 4 is 39.6 Å². The highest BCUT2D eigenvalue weighted by molar-refractivity contribution is 9.10. The van der Waals surface area contributed by atoms with Gasteiger partial charge in [-0.1, -0.05) is 18.2 Å². The predicted molar refractivity (Wildman–Crippen MR) is 105 cm³/mol. The average Bonchev–Trinajstić information content (AvgIpc) is 3.10. The lowest BCUT2D eigenvalue weighted by Crippen LogP contribution is -2.23. The van der Waals surface area contributed by atoms with Crippen LogP contribution in [0, 0.1) is 0 Å². The van der Waals surface area contributed by atoms with Crippen LogP contribution < -0.4 is 9.64 Å². The molecule has 0 aromatic heterocycles. The minimum absolute atomic E-state index is 0.0190. The molecule has 0 aliphatic carbocycles. The van der Waals surface area contributed by atoms with Gasteiger partial charge in [-0.15, -0.1) is 0 Å². The van der Waals surface area contributed by atoms with E-state index in [0.717, 1.165) is 0 Å². The summed E-state index contributed by atoms with van der Waals surface area (Å²) >= 11 is 3.27. The van der Waals surface area contributed by atoms with E-state index >= 15 is 0 Å². The van der Waals surface area contributed by atoms with E-state index in [1.54, 1.807) is 42.5 Å². The Balaban J connectivity index is 1.80. The number of aromatic hydroxyl groups is 1. The van der Waals surface area contributed by atoms with Gasteiger partial charge in [0.1, 0.15) is 6.61 Å². The predicted octanol–water partition coefficient (Wildman–Crippen LogP) is 4.41. The molecule has 6 nitrogen and oxygen atoms in total. The quantitative estimate of drug-likeness (QED) is 0.541. The SMILES string of the molecule is CCOc1cc(C=CC(=O)c2cccc(N3CCOC3=O)c2)cc(Br)c1O. The van der Waals surface area contributed by atoms with Crippen LogP contribution in [0.25, 0.3) is 6.08 Å². The highest BCUT2D eigenvalue weighted by Crippen LogP contribution is 2.35. The van der Waals surface area contributed by atoms with Gasteiger partial charge in [-0.3, -0.25) is 9.69 Å². The Labute approximate surface area is 165 Å². The fourth-order valence-electron chi connectivity index (χ4n) is 2.68. The summed E-state index contributed by atoms with van der Waals surface area (Å²) in [6.07, 6.45) is 2.68. The number of carbonyl (C=O) groups is 2. The molecule has 1 N–H and O–H groups in total. The lowest BCUT2D eigenvalue weighted by Gasteiger charge is -2.13. The number of amides is 1. The highest BCUT2D eigenvalue weighted by atomic mass is 79.9. The number of anilines is 1. The Bertz CT molecular complexity index is 909. The van der Waals surface area contributed by atoms with Gasteiger partial charge in [0.15, 0.2) is 17.3 Å². The molecule has 2 aromatic carbocycles. The molecule has 1 amide bonds. The molecule has 140 valence electrons. The van der Waals surface area contributed by atoms with Gasteiger partial charge in [0.2, 0.25) is 0 Å². The normalized spacial score (nSPS) is 13.9. The monoisotopic (exact) mass is 431 g/mol. The molecule has 1 heterocycles. The van der Waals surface area contributed by atoms with Crippen molar-refractivity contribution in [1.82, 2.24) is 0 Å².